The summed E-state index contributed by atoms with van der Waals surface area (Å²) in [5, 5.41) is 33.4. The Labute approximate surface area is 195 Å². The number of benzene rings is 1. The van der Waals surface area contributed by atoms with Crippen molar-refractivity contribution < 1.29 is 34.8 Å². The van der Waals surface area contributed by atoms with Gasteiger partial charge < -0.3 is 36.9 Å². The second-order valence-electron chi connectivity index (χ2n) is 6.33. The standard InChI is InChI=1S/C15H11Cl2N5O.C4H6O6/c16-7-1-2-8(10(17)5-7)13-9(14(18)23)6-12(21-13)11-3-4-20-15(19)22-11;5-1(3(7)8)2(6)4(9)10/h1-6,21H,(H2,18,23)(H2,19,20,22);1-2,5-6H,(H,7,8)(H,9,10)/t;1-,2-/m.1/s1. The molecule has 14 heteroatoms. The molecule has 2 aromatic heterocycles. The summed E-state index contributed by atoms with van der Waals surface area (Å²) in [4.78, 5) is 42.4. The van der Waals surface area contributed by atoms with Gasteiger partial charge in [-0.25, -0.2) is 19.6 Å². The van der Waals surface area contributed by atoms with Gasteiger partial charge in [-0.1, -0.05) is 23.2 Å². The molecule has 3 aromatic rings. The summed E-state index contributed by atoms with van der Waals surface area (Å²) in [6.45, 7) is 0. The zero-order valence-electron chi connectivity index (χ0n) is 16.4. The van der Waals surface area contributed by atoms with Crippen molar-refractivity contribution in [2.75, 3.05) is 5.73 Å². The van der Waals surface area contributed by atoms with Crippen molar-refractivity contribution in [2.45, 2.75) is 12.2 Å². The molecule has 2 heterocycles. The average molecular weight is 498 g/mol. The third-order valence-electron chi connectivity index (χ3n) is 4.04. The van der Waals surface area contributed by atoms with Crippen LogP contribution < -0.4 is 11.5 Å². The Kier molecular flexibility index (Phi) is 8.32. The van der Waals surface area contributed by atoms with E-state index in [1.54, 1.807) is 30.3 Å². The van der Waals surface area contributed by atoms with Gasteiger partial charge in [0.15, 0.2) is 12.2 Å². The van der Waals surface area contributed by atoms with Crippen LogP contribution in [0, 0.1) is 0 Å². The van der Waals surface area contributed by atoms with Crippen LogP contribution in [0.15, 0.2) is 36.5 Å². The zero-order valence-corrected chi connectivity index (χ0v) is 17.9. The van der Waals surface area contributed by atoms with Gasteiger partial charge >= 0.3 is 11.9 Å². The minimum Gasteiger partial charge on any atom is -0.479 e. The molecule has 12 nitrogen and oxygen atoms in total. The number of H-pyrrole nitrogens is 1. The number of aliphatic carboxylic acids is 2. The first kappa shape index (κ1) is 25.5. The molecule has 0 aliphatic heterocycles. The molecule has 1 aromatic carbocycles. The summed E-state index contributed by atoms with van der Waals surface area (Å²) < 4.78 is 0. The molecule has 9 N–H and O–H groups in total. The van der Waals surface area contributed by atoms with Gasteiger partial charge in [-0.3, -0.25) is 4.79 Å². The largest absolute Gasteiger partial charge is 0.479 e. The Morgan fingerprint density at radius 1 is 1.00 bits per heavy atom. The molecule has 0 bridgehead atoms. The number of primary amides is 1. The number of carboxylic acid groups (broad SMARTS) is 2. The van der Waals surface area contributed by atoms with Gasteiger partial charge in [0.1, 0.15) is 0 Å². The van der Waals surface area contributed by atoms with E-state index in [9.17, 15) is 14.4 Å². The van der Waals surface area contributed by atoms with Crippen molar-refractivity contribution in [1.29, 1.82) is 0 Å². The van der Waals surface area contributed by atoms with Crippen molar-refractivity contribution in [3.63, 3.8) is 0 Å². The van der Waals surface area contributed by atoms with Crippen LogP contribution in [0.3, 0.4) is 0 Å². The van der Waals surface area contributed by atoms with Gasteiger partial charge in [-0.15, -0.1) is 0 Å². The van der Waals surface area contributed by atoms with E-state index in [4.69, 9.17) is 55.1 Å². The summed E-state index contributed by atoms with van der Waals surface area (Å²) in [5.41, 5.74) is 13.6. The van der Waals surface area contributed by atoms with Crippen molar-refractivity contribution in [1.82, 2.24) is 15.0 Å². The van der Waals surface area contributed by atoms with Crippen LogP contribution in [-0.4, -0.2) is 65.4 Å². The number of aromatic amines is 1. The molecular weight excluding hydrogens is 481 g/mol. The molecule has 0 radical (unpaired) electrons. The lowest BCUT2D eigenvalue weighted by Gasteiger charge is -2.07. The minimum atomic E-state index is -2.27. The van der Waals surface area contributed by atoms with E-state index in [2.05, 4.69) is 15.0 Å². The second-order valence-corrected chi connectivity index (χ2v) is 7.17. The summed E-state index contributed by atoms with van der Waals surface area (Å²) in [6, 6.07) is 8.24. The van der Waals surface area contributed by atoms with Gasteiger partial charge in [0.2, 0.25) is 5.95 Å². The zero-order chi connectivity index (χ0) is 24.9. The Balaban J connectivity index is 0.000000328. The van der Waals surface area contributed by atoms with E-state index in [-0.39, 0.29) is 5.95 Å². The minimum absolute atomic E-state index is 0.129. The third kappa shape index (κ3) is 6.40. The lowest BCUT2D eigenvalue weighted by molar-refractivity contribution is -0.165. The first-order chi connectivity index (χ1) is 15.4. The van der Waals surface area contributed by atoms with Gasteiger partial charge in [0, 0.05) is 16.8 Å². The number of carbonyl (C=O) groups excluding carboxylic acids is 1. The molecule has 0 saturated carbocycles. The van der Waals surface area contributed by atoms with Crippen LogP contribution in [-0.2, 0) is 9.59 Å². The van der Waals surface area contributed by atoms with E-state index in [1.807, 2.05) is 0 Å². The Bertz CT molecular complexity index is 1180. The third-order valence-corrected chi connectivity index (χ3v) is 4.59. The molecule has 0 unspecified atom stereocenters. The van der Waals surface area contributed by atoms with Crippen LogP contribution in [0.2, 0.25) is 10.0 Å². The number of anilines is 1. The van der Waals surface area contributed by atoms with E-state index in [0.717, 1.165) is 0 Å². The van der Waals surface area contributed by atoms with Crippen LogP contribution >= 0.6 is 23.2 Å². The molecule has 1 amide bonds. The fraction of sp³-hybridized carbons (Fsp3) is 0.105. The molecule has 0 saturated heterocycles. The number of nitrogens with two attached hydrogens (primary N) is 2. The number of hydrogen-bond acceptors (Lipinski definition) is 8. The van der Waals surface area contributed by atoms with Gasteiger partial charge in [0.05, 0.1) is 27.7 Å². The predicted molar refractivity (Wildman–Crippen MR) is 117 cm³/mol. The number of rotatable bonds is 6. The van der Waals surface area contributed by atoms with E-state index >= 15 is 0 Å². The SMILES string of the molecule is NC(=O)c1cc(-c2ccnc(N)n2)[nH]c1-c1ccc(Cl)cc1Cl.O=C(O)[C@H](O)[C@@H](O)C(=O)O. The number of halogens is 2. The maximum Gasteiger partial charge on any atom is 0.335 e. The van der Waals surface area contributed by atoms with E-state index in [0.29, 0.717) is 38.3 Å². The van der Waals surface area contributed by atoms with E-state index in [1.165, 1.54) is 6.20 Å². The first-order valence-electron chi connectivity index (χ1n) is 8.81. The van der Waals surface area contributed by atoms with Crippen molar-refractivity contribution >= 4 is 47.0 Å². The lowest BCUT2D eigenvalue weighted by Crippen LogP contribution is -2.39. The van der Waals surface area contributed by atoms with Crippen LogP contribution in [0.1, 0.15) is 10.4 Å². The maximum atomic E-state index is 11.8. The number of nitrogen functional groups attached to an aromatic ring is 1. The summed E-state index contributed by atoms with van der Waals surface area (Å²) >= 11 is 12.1. The lowest BCUT2D eigenvalue weighted by atomic mass is 10.1. The predicted octanol–water partition coefficient (Wildman–Crippen LogP) is 1.00. The van der Waals surface area contributed by atoms with Crippen LogP contribution in [0.4, 0.5) is 5.95 Å². The number of aliphatic hydroxyl groups excluding tert-OH is 2. The molecule has 2 atom stereocenters. The number of carbonyl (C=O) groups is 3. The highest BCUT2D eigenvalue weighted by Gasteiger charge is 2.29. The first-order valence-corrected chi connectivity index (χ1v) is 9.56. The smallest absolute Gasteiger partial charge is 0.335 e. The van der Waals surface area contributed by atoms with Crippen molar-refractivity contribution in [3.05, 3.63) is 52.1 Å². The second kappa shape index (κ2) is 10.7. The molecule has 0 aliphatic rings. The van der Waals surface area contributed by atoms with Crippen LogP contribution in [0.5, 0.6) is 0 Å². The van der Waals surface area contributed by atoms with Gasteiger partial charge in [-0.2, -0.15) is 0 Å². The number of amides is 1. The quantitative estimate of drug-likeness (QED) is 0.255. The highest BCUT2D eigenvalue weighted by atomic mass is 35.5. The highest BCUT2D eigenvalue weighted by molar-refractivity contribution is 6.36. The Hall–Kier alpha value is -3.71. The molecule has 0 aliphatic carbocycles. The van der Waals surface area contributed by atoms with Gasteiger partial charge in [-0.05, 0) is 30.3 Å². The summed E-state index contributed by atoms with van der Waals surface area (Å²) in [5.74, 6) is -4.00. The fourth-order valence-electron chi connectivity index (χ4n) is 2.49. The summed E-state index contributed by atoms with van der Waals surface area (Å²) in [7, 11) is 0. The van der Waals surface area contributed by atoms with E-state index < -0.39 is 30.1 Å². The maximum absolute atomic E-state index is 11.8. The Morgan fingerprint density at radius 2 is 1.61 bits per heavy atom. The molecular formula is C19H17Cl2N5O7. The van der Waals surface area contributed by atoms with Crippen molar-refractivity contribution in [3.8, 4) is 22.6 Å². The molecule has 0 fully saturated rings. The number of carboxylic acids is 2. The number of hydrogen-bond donors (Lipinski definition) is 7. The molecule has 3 rings (SSSR count). The molecule has 174 valence electrons. The number of nitrogens with zero attached hydrogens (tertiary/aromatic N) is 2. The monoisotopic (exact) mass is 497 g/mol. The molecule has 33 heavy (non-hydrogen) atoms. The topological polar surface area (TPSA) is 226 Å². The molecule has 0 spiro atoms. The van der Waals surface area contributed by atoms with Crippen molar-refractivity contribution in [2.24, 2.45) is 5.73 Å². The normalized spacial score (nSPS) is 12.2. The number of aliphatic hydroxyl groups is 2. The number of aromatic nitrogens is 3. The van der Waals surface area contributed by atoms with Crippen LogP contribution in [0.25, 0.3) is 22.6 Å². The Morgan fingerprint density at radius 3 is 2.09 bits per heavy atom. The average Bonchev–Trinajstić information content (AvgIpc) is 3.18. The summed E-state index contributed by atoms with van der Waals surface area (Å²) in [6.07, 6.45) is -3.01. The fourth-order valence-corrected chi connectivity index (χ4v) is 2.99. The van der Waals surface area contributed by atoms with Gasteiger partial charge in [0.25, 0.3) is 5.91 Å². The number of nitrogens with one attached hydrogen (secondary N) is 1. The highest BCUT2D eigenvalue weighted by Crippen LogP contribution is 2.34.